The van der Waals surface area contributed by atoms with Crippen LogP contribution in [0.5, 0.6) is 0 Å². The summed E-state index contributed by atoms with van der Waals surface area (Å²) in [4.78, 5) is 9.05. The van der Waals surface area contributed by atoms with Crippen molar-refractivity contribution in [3.05, 3.63) is 87.4 Å². The lowest BCUT2D eigenvalue weighted by Crippen LogP contribution is -2.45. The van der Waals surface area contributed by atoms with Gasteiger partial charge >= 0.3 is 0 Å². The molecule has 1 N–H and O–H groups in total. The van der Waals surface area contributed by atoms with E-state index < -0.39 is 0 Å². The molecule has 0 fully saturated rings. The first-order chi connectivity index (χ1) is 14.7. The molecule has 0 saturated carbocycles. The Bertz CT molecular complexity index is 1180. The van der Waals surface area contributed by atoms with Crippen molar-refractivity contribution in [2.24, 2.45) is 0 Å². The highest BCUT2D eigenvalue weighted by molar-refractivity contribution is 7.80. The van der Waals surface area contributed by atoms with Gasteiger partial charge in [0.25, 0.3) is 5.89 Å². The number of thiocarbonyl (C=S) groups is 1. The Hall–Kier alpha value is -2.81. The maximum Gasteiger partial charge on any atom is 0.258 e. The van der Waals surface area contributed by atoms with Crippen LogP contribution in [0.3, 0.4) is 0 Å². The third kappa shape index (κ3) is 3.58. The van der Waals surface area contributed by atoms with E-state index >= 15 is 0 Å². The third-order valence-corrected chi connectivity index (χ3v) is 7.09. The van der Waals surface area contributed by atoms with Crippen molar-refractivity contribution >= 4 is 45.6 Å². The largest absolute Gasteiger partial charge is 0.351 e. The summed E-state index contributed by atoms with van der Waals surface area (Å²) in [6.45, 7) is 2.77. The lowest BCUT2D eigenvalue weighted by Gasteiger charge is -2.37. The number of nitrogens with one attached hydrogen (secondary N) is 1. The summed E-state index contributed by atoms with van der Waals surface area (Å²) in [5, 5.41) is 12.5. The fraction of sp³-hybridized carbons (Fsp3) is 0.136. The predicted molar refractivity (Wildman–Crippen MR) is 125 cm³/mol. The van der Waals surface area contributed by atoms with Crippen molar-refractivity contribution in [3.63, 3.8) is 0 Å². The molecule has 0 amide bonds. The molecule has 0 saturated heterocycles. The fourth-order valence-corrected chi connectivity index (χ4v) is 5.20. The number of hydrogen-bond donors (Lipinski definition) is 1. The predicted octanol–water partition coefficient (Wildman–Crippen LogP) is 5.72. The Morgan fingerprint density at radius 2 is 1.87 bits per heavy atom. The molecule has 1 unspecified atom stereocenters. The summed E-state index contributed by atoms with van der Waals surface area (Å²) in [5.41, 5.74) is 3.06. The highest BCUT2D eigenvalue weighted by atomic mass is 32.1. The highest BCUT2D eigenvalue weighted by Crippen LogP contribution is 2.38. The molecular formula is C22H18N4OS3. The molecule has 150 valence electrons. The van der Waals surface area contributed by atoms with Gasteiger partial charge in [-0.2, -0.15) is 4.98 Å². The van der Waals surface area contributed by atoms with Crippen LogP contribution in [0.15, 0.2) is 75.6 Å². The lowest BCUT2D eigenvalue weighted by molar-refractivity contribution is 0.396. The van der Waals surface area contributed by atoms with Crippen LogP contribution >= 0.6 is 34.9 Å². The average Bonchev–Trinajstić information content (AvgIpc) is 3.54. The van der Waals surface area contributed by atoms with Gasteiger partial charge in [-0.3, -0.25) is 0 Å². The quantitative estimate of drug-likeness (QED) is 0.392. The van der Waals surface area contributed by atoms with Crippen molar-refractivity contribution in [1.29, 1.82) is 0 Å². The van der Waals surface area contributed by atoms with Gasteiger partial charge in [-0.15, -0.1) is 22.7 Å². The first kappa shape index (κ1) is 19.2. The Kier molecular flexibility index (Phi) is 5.20. The van der Waals surface area contributed by atoms with Crippen molar-refractivity contribution < 1.29 is 4.52 Å². The Labute approximate surface area is 187 Å². The molecular weight excluding hydrogens is 432 g/mol. The van der Waals surface area contributed by atoms with Gasteiger partial charge < -0.3 is 14.7 Å². The van der Waals surface area contributed by atoms with Crippen molar-refractivity contribution in [2.75, 3.05) is 0 Å². The van der Waals surface area contributed by atoms with Crippen molar-refractivity contribution in [3.8, 4) is 10.7 Å². The second-order valence-corrected chi connectivity index (χ2v) is 9.22. The first-order valence-corrected chi connectivity index (χ1v) is 11.6. The van der Waals surface area contributed by atoms with E-state index in [1.807, 2.05) is 35.7 Å². The maximum atomic E-state index is 5.75. The number of rotatable bonds is 5. The molecule has 5 rings (SSSR count). The zero-order valence-corrected chi connectivity index (χ0v) is 18.6. The van der Waals surface area contributed by atoms with E-state index in [0.717, 1.165) is 21.7 Å². The zero-order valence-electron chi connectivity index (χ0n) is 16.1. The molecule has 4 heterocycles. The summed E-state index contributed by atoms with van der Waals surface area (Å²) < 4.78 is 5.75. The molecule has 0 aliphatic carbocycles. The first-order valence-electron chi connectivity index (χ1n) is 9.45. The number of hydrogen-bond acceptors (Lipinski definition) is 6. The Morgan fingerprint density at radius 1 is 1.07 bits per heavy atom. The molecule has 5 nitrogen and oxygen atoms in total. The molecule has 1 aliphatic rings. The molecule has 0 spiro atoms. The van der Waals surface area contributed by atoms with Gasteiger partial charge in [0.05, 0.1) is 23.0 Å². The fourth-order valence-electron chi connectivity index (χ4n) is 3.54. The van der Waals surface area contributed by atoms with Gasteiger partial charge in [-0.05, 0) is 47.6 Å². The number of benzene rings is 1. The molecule has 1 aliphatic heterocycles. The van der Waals surface area contributed by atoms with Crippen molar-refractivity contribution in [2.45, 2.75) is 19.5 Å². The van der Waals surface area contributed by atoms with Gasteiger partial charge in [0.1, 0.15) is 0 Å². The molecule has 1 atom stereocenters. The van der Waals surface area contributed by atoms with Crippen molar-refractivity contribution in [1.82, 2.24) is 20.4 Å². The summed E-state index contributed by atoms with van der Waals surface area (Å²) >= 11 is 9.05. The van der Waals surface area contributed by atoms with E-state index in [9.17, 15) is 0 Å². The van der Waals surface area contributed by atoms with E-state index in [1.54, 1.807) is 22.7 Å². The van der Waals surface area contributed by atoms with Crippen LogP contribution in [0, 0.1) is 0 Å². The molecule has 1 aromatic carbocycles. The number of aromatic nitrogens is 2. The van der Waals surface area contributed by atoms with Gasteiger partial charge in [0, 0.05) is 10.6 Å². The topological polar surface area (TPSA) is 54.2 Å². The van der Waals surface area contributed by atoms with Crippen LogP contribution in [0.2, 0.25) is 0 Å². The standard InChI is InChI=1S/C22H18N4OS3/c1-14-18(21-24-20(25-27-21)17-10-6-12-30-17)19(15-7-3-2-4-8-15)23-22(28)26(14)13-16-9-5-11-29-16/h2-12,19H,13H2,1H3,(H,23,28). The van der Waals surface area contributed by atoms with Gasteiger partial charge in [0.2, 0.25) is 5.82 Å². The number of nitrogens with zero attached hydrogens (tertiary/aromatic N) is 3. The van der Waals surface area contributed by atoms with Crippen LogP contribution < -0.4 is 5.32 Å². The van der Waals surface area contributed by atoms with Crippen LogP contribution in [0.25, 0.3) is 16.3 Å². The van der Waals surface area contributed by atoms with Gasteiger partial charge in [-0.25, -0.2) is 0 Å². The van der Waals surface area contributed by atoms with E-state index in [0.29, 0.717) is 23.4 Å². The summed E-state index contributed by atoms with van der Waals surface area (Å²) in [6, 6.07) is 18.2. The number of thiophene rings is 2. The Balaban J connectivity index is 1.61. The monoisotopic (exact) mass is 450 g/mol. The molecule has 0 bridgehead atoms. The minimum atomic E-state index is -0.157. The molecule has 30 heavy (non-hydrogen) atoms. The minimum Gasteiger partial charge on any atom is -0.351 e. The van der Waals surface area contributed by atoms with Crippen LogP contribution in [0.4, 0.5) is 0 Å². The second-order valence-electron chi connectivity index (χ2n) is 6.86. The normalized spacial score (nSPS) is 16.8. The van der Waals surface area contributed by atoms with Crippen LogP contribution in [0.1, 0.15) is 29.3 Å². The second kappa shape index (κ2) is 8.14. The summed E-state index contributed by atoms with van der Waals surface area (Å²) in [5.74, 6) is 1.11. The third-order valence-electron chi connectivity index (χ3n) is 5.02. The van der Waals surface area contributed by atoms with E-state index in [1.165, 1.54) is 4.88 Å². The Morgan fingerprint density at radius 3 is 2.60 bits per heavy atom. The highest BCUT2D eigenvalue weighted by Gasteiger charge is 2.34. The average molecular weight is 451 g/mol. The van der Waals surface area contributed by atoms with E-state index in [2.05, 4.69) is 51.9 Å². The molecule has 8 heteroatoms. The SMILES string of the molecule is CC1=C(c2nc(-c3cccs3)no2)C(c2ccccc2)NC(=S)N1Cc1cccs1. The number of allylic oxidation sites excluding steroid dienone is 1. The summed E-state index contributed by atoms with van der Waals surface area (Å²) in [7, 11) is 0. The van der Waals surface area contributed by atoms with Crippen LogP contribution in [-0.2, 0) is 6.54 Å². The van der Waals surface area contributed by atoms with E-state index in [-0.39, 0.29) is 6.04 Å². The maximum absolute atomic E-state index is 5.75. The molecule has 4 aromatic rings. The van der Waals surface area contributed by atoms with E-state index in [4.69, 9.17) is 21.7 Å². The molecule has 3 aromatic heterocycles. The zero-order chi connectivity index (χ0) is 20.5. The van der Waals surface area contributed by atoms with Crippen LogP contribution in [-0.4, -0.2) is 20.2 Å². The molecule has 0 radical (unpaired) electrons. The lowest BCUT2D eigenvalue weighted by atomic mass is 9.95. The summed E-state index contributed by atoms with van der Waals surface area (Å²) in [6.07, 6.45) is 0. The smallest absolute Gasteiger partial charge is 0.258 e. The van der Waals surface area contributed by atoms with Gasteiger partial charge in [-0.1, -0.05) is 47.6 Å². The minimum absolute atomic E-state index is 0.157. The van der Waals surface area contributed by atoms with Gasteiger partial charge in [0.15, 0.2) is 5.11 Å².